The quantitative estimate of drug-likeness (QED) is 0.813. The maximum Gasteiger partial charge on any atom is 0.140 e. The van der Waals surface area contributed by atoms with E-state index in [9.17, 15) is 0 Å². The van der Waals surface area contributed by atoms with Crippen molar-refractivity contribution in [2.45, 2.75) is 26.7 Å². The van der Waals surface area contributed by atoms with E-state index in [4.69, 9.17) is 0 Å². The van der Waals surface area contributed by atoms with Crippen molar-refractivity contribution in [1.29, 1.82) is 0 Å². The Morgan fingerprint density at radius 1 is 1.50 bits per heavy atom. The second kappa shape index (κ2) is 6.02. The first-order chi connectivity index (χ1) is 6.70. The first kappa shape index (κ1) is 11.5. The van der Waals surface area contributed by atoms with Gasteiger partial charge in [-0.15, -0.1) is 0 Å². The molecule has 14 heavy (non-hydrogen) atoms. The lowest BCUT2D eigenvalue weighted by atomic mass is 10.1. The largest absolute Gasteiger partial charge is 0.369 e. The molecule has 1 aromatic rings. The molecule has 3 heteroatoms. The lowest BCUT2D eigenvalue weighted by molar-refractivity contribution is 0.566. The van der Waals surface area contributed by atoms with Crippen LogP contribution < -0.4 is 5.32 Å². The Morgan fingerprint density at radius 2 is 2.29 bits per heavy atom. The predicted molar refractivity (Wildman–Crippen MR) is 64.5 cm³/mol. The molecule has 78 valence electrons. The Morgan fingerprint density at radius 3 is 2.93 bits per heavy atom. The van der Waals surface area contributed by atoms with Crippen molar-refractivity contribution in [3.8, 4) is 0 Å². The van der Waals surface area contributed by atoms with Gasteiger partial charge in [0.1, 0.15) is 5.82 Å². The zero-order valence-corrected chi connectivity index (χ0v) is 10.3. The van der Waals surface area contributed by atoms with E-state index in [2.05, 4.69) is 40.1 Å². The molecule has 1 N–H and O–H groups in total. The van der Waals surface area contributed by atoms with Crippen LogP contribution in [0.3, 0.4) is 0 Å². The van der Waals surface area contributed by atoms with Crippen LogP contribution in [0.25, 0.3) is 0 Å². The summed E-state index contributed by atoms with van der Waals surface area (Å²) in [5.41, 5.74) is 0. The van der Waals surface area contributed by atoms with Crippen LogP contribution in [0.2, 0.25) is 0 Å². The number of anilines is 1. The molecular weight excluding hydrogens is 240 g/mol. The molecule has 0 spiro atoms. The van der Waals surface area contributed by atoms with Gasteiger partial charge in [-0.1, -0.05) is 13.8 Å². The van der Waals surface area contributed by atoms with Gasteiger partial charge < -0.3 is 5.32 Å². The molecule has 0 saturated heterocycles. The van der Waals surface area contributed by atoms with Crippen molar-refractivity contribution in [3.63, 3.8) is 0 Å². The number of halogens is 1. The van der Waals surface area contributed by atoms with Gasteiger partial charge in [0, 0.05) is 12.7 Å². The molecule has 0 bridgehead atoms. The van der Waals surface area contributed by atoms with E-state index in [1.165, 1.54) is 12.8 Å². The minimum atomic E-state index is 0.781. The number of nitrogens with zero attached hydrogens (tertiary/aromatic N) is 1. The summed E-state index contributed by atoms with van der Waals surface area (Å²) < 4.78 is 1.03. The highest BCUT2D eigenvalue weighted by Crippen LogP contribution is 2.18. The number of hydrogen-bond donors (Lipinski definition) is 1. The van der Waals surface area contributed by atoms with Crippen molar-refractivity contribution in [2.24, 2.45) is 5.92 Å². The summed E-state index contributed by atoms with van der Waals surface area (Å²) in [7, 11) is 0. The Hall–Kier alpha value is -0.570. The summed E-state index contributed by atoms with van der Waals surface area (Å²) in [6.45, 7) is 5.49. The molecule has 1 heterocycles. The summed E-state index contributed by atoms with van der Waals surface area (Å²) in [6.07, 6.45) is 4.26. The zero-order valence-electron chi connectivity index (χ0n) is 8.76. The second-order valence-corrected chi connectivity index (χ2v) is 4.65. The average molecular weight is 257 g/mol. The third kappa shape index (κ3) is 4.09. The van der Waals surface area contributed by atoms with E-state index >= 15 is 0 Å². The number of aromatic nitrogens is 1. The lowest BCUT2D eigenvalue weighted by Gasteiger charge is -2.08. The third-order valence-corrected chi connectivity index (χ3v) is 2.65. The van der Waals surface area contributed by atoms with Crippen LogP contribution in [-0.2, 0) is 0 Å². The smallest absolute Gasteiger partial charge is 0.140 e. The molecule has 0 amide bonds. The molecule has 0 aliphatic carbocycles. The summed E-state index contributed by atoms with van der Waals surface area (Å²) in [6, 6.07) is 3.92. The van der Waals surface area contributed by atoms with Crippen molar-refractivity contribution in [1.82, 2.24) is 4.98 Å². The van der Waals surface area contributed by atoms with E-state index < -0.39 is 0 Å². The fourth-order valence-corrected chi connectivity index (χ4v) is 1.63. The first-order valence-corrected chi connectivity index (χ1v) is 5.84. The fourth-order valence-electron chi connectivity index (χ4n) is 1.23. The van der Waals surface area contributed by atoms with E-state index in [-0.39, 0.29) is 0 Å². The molecule has 0 radical (unpaired) electrons. The van der Waals surface area contributed by atoms with Crippen LogP contribution in [0.15, 0.2) is 22.8 Å². The molecule has 0 aromatic carbocycles. The molecule has 0 saturated carbocycles. The van der Waals surface area contributed by atoms with Crippen LogP contribution in [-0.4, -0.2) is 11.5 Å². The van der Waals surface area contributed by atoms with E-state index in [1.54, 1.807) is 6.20 Å². The molecule has 1 aromatic heterocycles. The van der Waals surface area contributed by atoms with Gasteiger partial charge >= 0.3 is 0 Å². The lowest BCUT2D eigenvalue weighted by Crippen LogP contribution is -2.04. The third-order valence-electron chi connectivity index (χ3n) is 2.01. The Kier molecular flexibility index (Phi) is 4.94. The standard InChI is InChI=1S/C11H17BrN2/c1-9(2)5-3-7-13-11-10(12)6-4-8-14-11/h4,6,8-9H,3,5,7H2,1-2H3,(H,13,14). The minimum Gasteiger partial charge on any atom is -0.369 e. The topological polar surface area (TPSA) is 24.9 Å². The summed E-state index contributed by atoms with van der Waals surface area (Å²) in [5.74, 6) is 1.72. The number of hydrogen-bond acceptors (Lipinski definition) is 2. The second-order valence-electron chi connectivity index (χ2n) is 3.80. The molecule has 0 aliphatic rings. The van der Waals surface area contributed by atoms with E-state index in [0.717, 1.165) is 22.8 Å². The van der Waals surface area contributed by atoms with Gasteiger partial charge in [-0.25, -0.2) is 4.98 Å². The van der Waals surface area contributed by atoms with Gasteiger partial charge in [0.15, 0.2) is 0 Å². The number of rotatable bonds is 5. The van der Waals surface area contributed by atoms with Gasteiger partial charge in [-0.05, 0) is 46.8 Å². The first-order valence-electron chi connectivity index (χ1n) is 5.04. The van der Waals surface area contributed by atoms with Crippen LogP contribution >= 0.6 is 15.9 Å². The Labute approximate surface area is 94.3 Å². The fraction of sp³-hybridized carbons (Fsp3) is 0.545. The van der Waals surface area contributed by atoms with Gasteiger partial charge in [0.05, 0.1) is 4.47 Å². The Bertz CT molecular complexity index is 274. The number of pyridine rings is 1. The van der Waals surface area contributed by atoms with Crippen LogP contribution in [0, 0.1) is 5.92 Å². The van der Waals surface area contributed by atoms with Crippen molar-refractivity contribution >= 4 is 21.7 Å². The summed E-state index contributed by atoms with van der Waals surface area (Å²) in [5, 5.41) is 3.31. The minimum absolute atomic E-state index is 0.781. The monoisotopic (exact) mass is 256 g/mol. The highest BCUT2D eigenvalue weighted by molar-refractivity contribution is 9.10. The maximum atomic E-state index is 4.24. The van der Waals surface area contributed by atoms with Crippen molar-refractivity contribution in [2.75, 3.05) is 11.9 Å². The molecule has 0 atom stereocenters. The van der Waals surface area contributed by atoms with E-state index in [1.807, 2.05) is 12.1 Å². The highest BCUT2D eigenvalue weighted by atomic mass is 79.9. The molecule has 2 nitrogen and oxygen atoms in total. The van der Waals surface area contributed by atoms with Crippen LogP contribution in [0.4, 0.5) is 5.82 Å². The molecule has 0 fully saturated rings. The van der Waals surface area contributed by atoms with Gasteiger partial charge in [0.25, 0.3) is 0 Å². The number of nitrogens with one attached hydrogen (secondary N) is 1. The maximum absolute atomic E-state index is 4.24. The molecule has 0 unspecified atom stereocenters. The van der Waals surface area contributed by atoms with Gasteiger partial charge in [-0.2, -0.15) is 0 Å². The summed E-state index contributed by atoms with van der Waals surface area (Å²) >= 11 is 3.45. The van der Waals surface area contributed by atoms with Crippen LogP contribution in [0.1, 0.15) is 26.7 Å². The summed E-state index contributed by atoms with van der Waals surface area (Å²) in [4.78, 5) is 4.24. The van der Waals surface area contributed by atoms with E-state index in [0.29, 0.717) is 0 Å². The normalized spacial score (nSPS) is 10.6. The van der Waals surface area contributed by atoms with Crippen molar-refractivity contribution < 1.29 is 0 Å². The van der Waals surface area contributed by atoms with Crippen molar-refractivity contribution in [3.05, 3.63) is 22.8 Å². The average Bonchev–Trinajstić information content (AvgIpc) is 2.15. The molecule has 0 aliphatic heterocycles. The zero-order chi connectivity index (χ0) is 10.4. The Balaban J connectivity index is 2.28. The van der Waals surface area contributed by atoms with Gasteiger partial charge in [0.2, 0.25) is 0 Å². The predicted octanol–water partition coefficient (Wildman–Crippen LogP) is 3.69. The molecular formula is C11H17BrN2. The van der Waals surface area contributed by atoms with Gasteiger partial charge in [-0.3, -0.25) is 0 Å². The van der Waals surface area contributed by atoms with Crippen LogP contribution in [0.5, 0.6) is 0 Å². The molecule has 1 rings (SSSR count). The highest BCUT2D eigenvalue weighted by Gasteiger charge is 1.98. The SMILES string of the molecule is CC(C)CCCNc1ncccc1Br.